The van der Waals surface area contributed by atoms with Crippen LogP contribution in [0.15, 0.2) is 0 Å². The van der Waals surface area contributed by atoms with E-state index in [1.165, 1.54) is 12.1 Å². The third kappa shape index (κ3) is 3.62. The smallest absolute Gasteiger partial charge is 1.00 e. The van der Waals surface area contributed by atoms with Gasteiger partial charge in [-0.3, -0.25) is 0 Å². The van der Waals surface area contributed by atoms with Gasteiger partial charge in [0.2, 0.25) is 0 Å². The Balaban J connectivity index is 0. The van der Waals surface area contributed by atoms with Crippen LogP contribution in [0.3, 0.4) is 0 Å². The summed E-state index contributed by atoms with van der Waals surface area (Å²) in [7, 11) is -1.73. The van der Waals surface area contributed by atoms with Gasteiger partial charge in [-0.1, -0.05) is 26.2 Å². The molecule has 4 heteroatoms. The number of hydrogen-bond donors (Lipinski definition) is 1. The predicted molar refractivity (Wildman–Crippen MR) is 48.8 cm³/mol. The molecule has 0 saturated carbocycles. The third-order valence-corrected chi connectivity index (χ3v) is 11.0. The maximum absolute atomic E-state index is 3.85. The molecule has 1 aliphatic rings. The Hall–Kier alpha value is 2.03. The second-order valence-electron chi connectivity index (χ2n) is 4.39. The van der Waals surface area contributed by atoms with Crippen molar-refractivity contribution < 1.29 is 52.8 Å². The van der Waals surface area contributed by atoms with Crippen molar-refractivity contribution in [2.75, 3.05) is 0 Å². The molecule has 0 aromatic heterocycles. The van der Waals surface area contributed by atoms with E-state index < -0.39 is 16.5 Å². The van der Waals surface area contributed by atoms with Gasteiger partial charge in [-0.05, 0) is 12.1 Å². The Morgan fingerprint density at radius 2 is 1.30 bits per heavy atom. The zero-order valence-electron chi connectivity index (χ0n) is 8.91. The normalized spacial score (nSPS) is 27.6. The molecule has 0 amide bonds. The molecule has 0 aromatic carbocycles. The van der Waals surface area contributed by atoms with Crippen molar-refractivity contribution in [1.29, 1.82) is 0 Å². The maximum atomic E-state index is 3.85. The first-order valence-electron chi connectivity index (χ1n) is 3.71. The molecule has 0 atom stereocenters. The molecule has 0 unspecified atom stereocenters. The second kappa shape index (κ2) is 3.83. The van der Waals surface area contributed by atoms with E-state index in [2.05, 4.69) is 30.8 Å². The molecule has 1 aliphatic heterocycles. The molecule has 10 heavy (non-hydrogen) atoms. The Bertz CT molecular complexity index is 116. The average Bonchev–Trinajstić information content (AvgIpc) is 1.78. The van der Waals surface area contributed by atoms with E-state index >= 15 is 0 Å². The van der Waals surface area contributed by atoms with Gasteiger partial charge in [0.05, 0.1) is 0 Å². The van der Waals surface area contributed by atoms with Gasteiger partial charge in [0.25, 0.3) is 0 Å². The topological polar surface area (TPSA) is 12.0 Å². The molecule has 0 bridgehead atoms. The van der Waals surface area contributed by atoms with Crippen LogP contribution in [0, 0.1) is 0 Å². The van der Waals surface area contributed by atoms with E-state index in [1.54, 1.807) is 0 Å². The zero-order valence-corrected chi connectivity index (χ0v) is 13.0. The third-order valence-electron chi connectivity index (χ3n) is 2.05. The Kier molecular flexibility index (Phi) is 4.60. The van der Waals surface area contributed by atoms with Crippen molar-refractivity contribution in [1.82, 2.24) is 4.65 Å². The van der Waals surface area contributed by atoms with Crippen molar-refractivity contribution in [3.05, 3.63) is 0 Å². The van der Waals surface area contributed by atoms with Gasteiger partial charge in [0.1, 0.15) is 16.5 Å². The van der Waals surface area contributed by atoms with Gasteiger partial charge in [-0.25, -0.2) is 0 Å². The van der Waals surface area contributed by atoms with Crippen molar-refractivity contribution in [3.8, 4) is 0 Å². The van der Waals surface area contributed by atoms with Crippen LogP contribution in [0.25, 0.3) is 0 Å². The molecule has 1 nitrogen and oxygen atoms in total. The van der Waals surface area contributed by atoms with Gasteiger partial charge in [-0.15, -0.1) is 0 Å². The zero-order chi connectivity index (χ0) is 7.12. The summed E-state index contributed by atoms with van der Waals surface area (Å²) in [4.78, 5) is 0. The Labute approximate surface area is 110 Å². The molecule has 1 rings (SSSR count). The average molecular weight is 199 g/mol. The van der Waals surface area contributed by atoms with Crippen molar-refractivity contribution in [2.24, 2.45) is 0 Å². The molecule has 1 N–H and O–H groups in total. The van der Waals surface area contributed by atoms with Crippen LogP contribution in [-0.2, 0) is 0 Å². The Morgan fingerprint density at radius 1 is 1.00 bits per heavy atom. The fraction of sp³-hybridized carbons (Fsp3) is 1.00. The van der Waals surface area contributed by atoms with Gasteiger partial charge >= 0.3 is 51.4 Å². The molecule has 1 fully saturated rings. The summed E-state index contributed by atoms with van der Waals surface area (Å²) in [5.41, 5.74) is 0. The van der Waals surface area contributed by atoms with E-state index in [-0.39, 0.29) is 52.8 Å². The fourth-order valence-corrected chi connectivity index (χ4v) is 15.0. The van der Waals surface area contributed by atoms with Crippen molar-refractivity contribution in [2.45, 2.75) is 38.3 Å². The SMILES string of the molecule is C[Si]1(C)CC[Si](C)(C)N1.[H-].[K+]. The molecule has 0 spiro atoms. The minimum absolute atomic E-state index is 0. The second-order valence-corrected chi connectivity index (χ2v) is 13.9. The molecular formula is C6H18KNSi2. The van der Waals surface area contributed by atoms with E-state index in [0.717, 1.165) is 0 Å². The minimum atomic E-state index is -0.864. The van der Waals surface area contributed by atoms with Gasteiger partial charge in [-0.2, -0.15) is 0 Å². The summed E-state index contributed by atoms with van der Waals surface area (Å²) in [6.07, 6.45) is 0. The van der Waals surface area contributed by atoms with Gasteiger partial charge in [0.15, 0.2) is 0 Å². The van der Waals surface area contributed by atoms with Crippen LogP contribution < -0.4 is 56.0 Å². The van der Waals surface area contributed by atoms with Crippen LogP contribution in [0.2, 0.25) is 38.3 Å². The minimum Gasteiger partial charge on any atom is -1.00 e. The molecule has 1 heterocycles. The first kappa shape index (κ1) is 12.0. The van der Waals surface area contributed by atoms with E-state index in [0.29, 0.717) is 0 Å². The molecule has 0 radical (unpaired) electrons. The Morgan fingerprint density at radius 3 is 1.40 bits per heavy atom. The van der Waals surface area contributed by atoms with Crippen molar-refractivity contribution >= 4 is 16.5 Å². The van der Waals surface area contributed by atoms with E-state index in [4.69, 9.17) is 0 Å². The van der Waals surface area contributed by atoms with Crippen LogP contribution >= 0.6 is 0 Å². The molecule has 56 valence electrons. The number of nitrogens with one attached hydrogen (secondary N) is 1. The largest absolute Gasteiger partial charge is 1.00 e. The monoisotopic (exact) mass is 199 g/mol. The van der Waals surface area contributed by atoms with Gasteiger partial charge < -0.3 is 6.07 Å². The predicted octanol–water partition coefficient (Wildman–Crippen LogP) is -0.884. The number of hydrogen-bond acceptors (Lipinski definition) is 1. The molecular weight excluding hydrogens is 181 g/mol. The van der Waals surface area contributed by atoms with Crippen molar-refractivity contribution in [3.63, 3.8) is 0 Å². The fourth-order valence-electron chi connectivity index (χ4n) is 1.67. The first-order chi connectivity index (χ1) is 3.91. The maximum Gasteiger partial charge on any atom is 1.00 e. The molecule has 1 saturated heterocycles. The quantitative estimate of drug-likeness (QED) is 0.500. The van der Waals surface area contributed by atoms with Crippen LogP contribution in [0.5, 0.6) is 0 Å². The summed E-state index contributed by atoms with van der Waals surface area (Å²) in [5.74, 6) is 0. The summed E-state index contributed by atoms with van der Waals surface area (Å²) < 4.78 is 3.85. The standard InChI is InChI=1S/C6H17NSi2.K.H/c1-8(2)5-6-9(3,4)7-8;;/h7H,5-6H2,1-4H3;;/q;+1;-1. The molecule has 0 aliphatic carbocycles. The van der Waals surface area contributed by atoms with E-state index in [9.17, 15) is 0 Å². The summed E-state index contributed by atoms with van der Waals surface area (Å²) in [5, 5.41) is 0. The summed E-state index contributed by atoms with van der Waals surface area (Å²) in [6.45, 7) is 9.76. The molecule has 0 aromatic rings. The summed E-state index contributed by atoms with van der Waals surface area (Å²) in [6, 6.07) is 3.01. The van der Waals surface area contributed by atoms with Crippen LogP contribution in [0.4, 0.5) is 0 Å². The van der Waals surface area contributed by atoms with Gasteiger partial charge in [0, 0.05) is 0 Å². The van der Waals surface area contributed by atoms with Crippen LogP contribution in [0.1, 0.15) is 1.43 Å². The summed E-state index contributed by atoms with van der Waals surface area (Å²) >= 11 is 0. The number of rotatable bonds is 0. The van der Waals surface area contributed by atoms with E-state index in [1.807, 2.05) is 0 Å². The first-order valence-corrected chi connectivity index (χ1v) is 10.1. The van der Waals surface area contributed by atoms with Crippen LogP contribution in [-0.4, -0.2) is 16.5 Å².